The number of hydrogen-bond acceptors (Lipinski definition) is 5. The Balaban J connectivity index is 2.18. The summed E-state index contributed by atoms with van der Waals surface area (Å²) in [5, 5.41) is 29.3. The van der Waals surface area contributed by atoms with Gasteiger partial charge < -0.3 is 5.11 Å². The molecule has 0 fully saturated rings. The first-order chi connectivity index (χ1) is 11.2. The summed E-state index contributed by atoms with van der Waals surface area (Å²) in [4.78, 5) is 4.73. The molecule has 0 spiro atoms. The van der Waals surface area contributed by atoms with Crippen LogP contribution in [0.1, 0.15) is 27.1 Å². The highest BCUT2D eigenvalue weighted by Crippen LogP contribution is 2.38. The van der Waals surface area contributed by atoms with Gasteiger partial charge in [0.25, 0.3) is 0 Å². The third kappa shape index (κ3) is 2.60. The molecule has 0 saturated heterocycles. The molecule has 1 heterocycles. The Morgan fingerprint density at radius 1 is 0.870 bits per heavy atom. The molecule has 0 aliphatic heterocycles. The molecule has 0 radical (unpaired) electrons. The lowest BCUT2D eigenvalue weighted by molar-refractivity contribution is 0.129. The first kappa shape index (κ1) is 14.9. The van der Waals surface area contributed by atoms with Crippen LogP contribution in [0.4, 0.5) is 0 Å². The Bertz CT molecular complexity index is 828. The van der Waals surface area contributed by atoms with Crippen molar-refractivity contribution in [3.8, 4) is 12.1 Å². The van der Waals surface area contributed by atoms with E-state index in [1.165, 1.54) is 11.3 Å². The zero-order valence-electron chi connectivity index (χ0n) is 12.0. The summed E-state index contributed by atoms with van der Waals surface area (Å²) in [5.74, 6) is 0. The number of benzene rings is 2. The largest absolute Gasteiger partial charge is 0.375 e. The minimum atomic E-state index is -1.37. The van der Waals surface area contributed by atoms with Crippen molar-refractivity contribution in [3.63, 3.8) is 0 Å². The summed E-state index contributed by atoms with van der Waals surface area (Å²) in [7, 11) is 0. The molecule has 1 N–H and O–H groups in total. The molecule has 0 saturated carbocycles. The second kappa shape index (κ2) is 6.02. The van der Waals surface area contributed by atoms with Gasteiger partial charge in [0, 0.05) is 6.20 Å². The standard InChI is InChI=1S/C18H11N3OS/c19-9-13-1-5-15(6-2-13)18(22,17-11-21-12-23-17)16-7-3-14(10-20)4-8-16/h1-8,11-12,22H. The van der Waals surface area contributed by atoms with Gasteiger partial charge in [-0.05, 0) is 35.4 Å². The van der Waals surface area contributed by atoms with Crippen LogP contribution >= 0.6 is 11.3 Å². The number of rotatable bonds is 3. The molecule has 3 rings (SSSR count). The van der Waals surface area contributed by atoms with E-state index in [2.05, 4.69) is 17.1 Å². The molecule has 110 valence electrons. The van der Waals surface area contributed by atoms with E-state index in [-0.39, 0.29) is 0 Å². The number of nitriles is 2. The molecule has 0 unspecified atom stereocenters. The molecule has 0 aliphatic rings. The highest BCUT2D eigenvalue weighted by atomic mass is 32.1. The second-order valence-electron chi connectivity index (χ2n) is 4.95. The lowest BCUT2D eigenvalue weighted by Crippen LogP contribution is -2.27. The minimum Gasteiger partial charge on any atom is -0.375 e. The average Bonchev–Trinajstić information content (AvgIpc) is 3.16. The summed E-state index contributed by atoms with van der Waals surface area (Å²) in [6.45, 7) is 0. The van der Waals surface area contributed by atoms with E-state index in [4.69, 9.17) is 10.5 Å². The van der Waals surface area contributed by atoms with Crippen molar-refractivity contribution in [2.75, 3.05) is 0 Å². The van der Waals surface area contributed by atoms with Crippen molar-refractivity contribution in [3.05, 3.63) is 87.4 Å². The fourth-order valence-corrected chi connectivity index (χ4v) is 3.18. The maximum atomic E-state index is 11.4. The molecule has 23 heavy (non-hydrogen) atoms. The van der Waals surface area contributed by atoms with Crippen LogP contribution < -0.4 is 0 Å². The van der Waals surface area contributed by atoms with E-state index in [0.29, 0.717) is 27.1 Å². The van der Waals surface area contributed by atoms with Crippen LogP contribution in [0.15, 0.2) is 60.2 Å². The minimum absolute atomic E-state index is 0.528. The lowest BCUT2D eigenvalue weighted by Gasteiger charge is -2.28. The Labute approximate surface area is 137 Å². The van der Waals surface area contributed by atoms with E-state index in [1.54, 1.807) is 60.2 Å². The van der Waals surface area contributed by atoms with Crippen LogP contribution in [0.3, 0.4) is 0 Å². The Hall–Kier alpha value is -2.99. The maximum absolute atomic E-state index is 11.4. The topological polar surface area (TPSA) is 80.7 Å². The van der Waals surface area contributed by atoms with Gasteiger partial charge >= 0.3 is 0 Å². The van der Waals surface area contributed by atoms with Crippen LogP contribution in [-0.4, -0.2) is 10.1 Å². The van der Waals surface area contributed by atoms with Crippen LogP contribution in [0, 0.1) is 22.7 Å². The lowest BCUT2D eigenvalue weighted by atomic mass is 9.84. The van der Waals surface area contributed by atoms with Gasteiger partial charge in [-0.3, -0.25) is 4.98 Å². The van der Waals surface area contributed by atoms with E-state index < -0.39 is 5.60 Å². The monoisotopic (exact) mass is 317 g/mol. The summed E-state index contributed by atoms with van der Waals surface area (Å²) < 4.78 is 0. The van der Waals surface area contributed by atoms with Crippen LogP contribution in [0.5, 0.6) is 0 Å². The highest BCUT2D eigenvalue weighted by Gasteiger charge is 2.35. The summed E-state index contributed by atoms with van der Waals surface area (Å²) in [6.07, 6.45) is 1.63. The number of nitrogens with zero attached hydrogens (tertiary/aromatic N) is 3. The van der Waals surface area contributed by atoms with Crippen LogP contribution in [-0.2, 0) is 5.60 Å². The van der Waals surface area contributed by atoms with Crippen molar-refractivity contribution >= 4 is 11.3 Å². The van der Waals surface area contributed by atoms with Gasteiger partial charge in [-0.25, -0.2) is 0 Å². The smallest absolute Gasteiger partial charge is 0.151 e. The van der Waals surface area contributed by atoms with Gasteiger partial charge in [-0.1, -0.05) is 24.3 Å². The molecule has 3 aromatic rings. The maximum Gasteiger partial charge on any atom is 0.151 e. The van der Waals surface area contributed by atoms with E-state index in [0.717, 1.165) is 0 Å². The van der Waals surface area contributed by atoms with Crippen molar-refractivity contribution < 1.29 is 5.11 Å². The molecule has 0 amide bonds. The number of hydrogen-bond donors (Lipinski definition) is 1. The average molecular weight is 317 g/mol. The predicted molar refractivity (Wildman–Crippen MR) is 86.5 cm³/mol. The third-order valence-corrected chi connectivity index (χ3v) is 4.53. The van der Waals surface area contributed by atoms with Crippen LogP contribution in [0.25, 0.3) is 0 Å². The fraction of sp³-hybridized carbons (Fsp3) is 0.0556. The normalized spacial score (nSPS) is 10.7. The number of aromatic nitrogens is 1. The molecule has 0 atom stereocenters. The quantitative estimate of drug-likeness (QED) is 0.804. The summed E-state index contributed by atoms with van der Waals surface area (Å²) in [6, 6.07) is 17.8. The van der Waals surface area contributed by atoms with Gasteiger partial charge in [0.2, 0.25) is 0 Å². The molecule has 2 aromatic carbocycles. The second-order valence-corrected chi connectivity index (χ2v) is 5.84. The zero-order valence-corrected chi connectivity index (χ0v) is 12.8. The van der Waals surface area contributed by atoms with Gasteiger partial charge in [0.15, 0.2) is 5.60 Å². The highest BCUT2D eigenvalue weighted by molar-refractivity contribution is 7.09. The van der Waals surface area contributed by atoms with Gasteiger partial charge in [0.1, 0.15) is 0 Å². The summed E-state index contributed by atoms with van der Waals surface area (Å²) in [5.41, 5.74) is 2.63. The molecular formula is C18H11N3OS. The van der Waals surface area contributed by atoms with Gasteiger partial charge in [-0.15, -0.1) is 11.3 Å². The Kier molecular flexibility index (Phi) is 3.91. The fourth-order valence-electron chi connectivity index (χ4n) is 2.42. The number of thiazole rings is 1. The van der Waals surface area contributed by atoms with Crippen molar-refractivity contribution in [1.29, 1.82) is 10.5 Å². The molecule has 1 aromatic heterocycles. The van der Waals surface area contributed by atoms with E-state index in [1.807, 2.05) is 0 Å². The molecule has 0 aliphatic carbocycles. The SMILES string of the molecule is N#Cc1ccc(C(O)(c2ccc(C#N)cc2)c2cncs2)cc1. The molecular weight excluding hydrogens is 306 g/mol. The Morgan fingerprint density at radius 3 is 1.70 bits per heavy atom. The Morgan fingerprint density at radius 2 is 1.35 bits per heavy atom. The van der Waals surface area contributed by atoms with Crippen molar-refractivity contribution in [2.24, 2.45) is 0 Å². The summed E-state index contributed by atoms with van der Waals surface area (Å²) >= 11 is 1.35. The van der Waals surface area contributed by atoms with Crippen molar-refractivity contribution in [1.82, 2.24) is 4.98 Å². The zero-order chi connectivity index (χ0) is 16.3. The first-order valence-corrected chi connectivity index (χ1v) is 7.69. The number of aliphatic hydroxyl groups is 1. The van der Waals surface area contributed by atoms with Gasteiger partial charge in [-0.2, -0.15) is 10.5 Å². The molecule has 0 bridgehead atoms. The predicted octanol–water partition coefficient (Wildman–Crippen LogP) is 3.17. The van der Waals surface area contributed by atoms with E-state index in [9.17, 15) is 5.11 Å². The van der Waals surface area contributed by atoms with Crippen LogP contribution in [0.2, 0.25) is 0 Å². The molecule has 4 nitrogen and oxygen atoms in total. The van der Waals surface area contributed by atoms with Crippen molar-refractivity contribution in [2.45, 2.75) is 5.60 Å². The van der Waals surface area contributed by atoms with Gasteiger partial charge in [0.05, 0.1) is 33.7 Å². The molecule has 5 heteroatoms. The third-order valence-electron chi connectivity index (χ3n) is 3.65. The van der Waals surface area contributed by atoms with E-state index >= 15 is 0 Å². The first-order valence-electron chi connectivity index (χ1n) is 6.81.